The molecule has 0 saturated heterocycles. The molecule has 0 bridgehead atoms. The van der Waals surface area contributed by atoms with Crippen molar-refractivity contribution in [3.8, 4) is 0 Å². The van der Waals surface area contributed by atoms with E-state index in [-0.39, 0.29) is 15.6 Å². The van der Waals surface area contributed by atoms with Crippen LogP contribution in [0, 0.1) is 11.8 Å². The number of hydrogen-bond donors (Lipinski definition) is 1. The zero-order valence-electron chi connectivity index (χ0n) is 24.8. The minimum absolute atomic E-state index is 0.00438. The first-order chi connectivity index (χ1) is 17.4. The van der Waals surface area contributed by atoms with Gasteiger partial charge in [0.2, 0.25) is 5.91 Å². The third-order valence-corrected chi connectivity index (χ3v) is 8.86. The van der Waals surface area contributed by atoms with Gasteiger partial charge in [-0.15, -0.1) is 0 Å². The van der Waals surface area contributed by atoms with E-state index in [0.29, 0.717) is 77.7 Å². The highest BCUT2D eigenvalue weighted by atomic mass is 33.1. The van der Waals surface area contributed by atoms with Crippen molar-refractivity contribution < 1.29 is 28.5 Å². The maximum atomic E-state index is 11.8. The lowest BCUT2D eigenvalue weighted by atomic mass is 10.1. The summed E-state index contributed by atoms with van der Waals surface area (Å²) in [6.07, 6.45) is 6.26. The number of ether oxygens (including phenoxy) is 5. The maximum Gasteiger partial charge on any atom is 0.222 e. The second kappa shape index (κ2) is 22.5. The van der Waals surface area contributed by atoms with Crippen LogP contribution in [0.2, 0.25) is 0 Å². The second-order valence-electron chi connectivity index (χ2n) is 10.9. The monoisotopic (exact) mass is 565 g/mol. The van der Waals surface area contributed by atoms with E-state index in [1.54, 1.807) is 10.8 Å². The summed E-state index contributed by atoms with van der Waals surface area (Å²) in [6.45, 7) is 22.8. The summed E-state index contributed by atoms with van der Waals surface area (Å²) in [5.41, 5.74) is 0. The van der Waals surface area contributed by atoms with Gasteiger partial charge in [0.25, 0.3) is 0 Å². The third kappa shape index (κ3) is 27.1. The summed E-state index contributed by atoms with van der Waals surface area (Å²) in [5.74, 6) is 1.15. The van der Waals surface area contributed by atoms with Crippen molar-refractivity contribution in [3.63, 3.8) is 0 Å². The van der Waals surface area contributed by atoms with Crippen molar-refractivity contribution in [1.29, 1.82) is 0 Å². The fourth-order valence-electron chi connectivity index (χ4n) is 2.65. The van der Waals surface area contributed by atoms with Crippen LogP contribution >= 0.6 is 21.6 Å². The Morgan fingerprint density at radius 3 is 1.95 bits per heavy atom. The van der Waals surface area contributed by atoms with Gasteiger partial charge in [0.15, 0.2) is 0 Å². The van der Waals surface area contributed by atoms with Crippen LogP contribution in [-0.2, 0) is 28.5 Å². The predicted octanol–water partition coefficient (Wildman–Crippen LogP) is 6.12. The van der Waals surface area contributed by atoms with Crippen LogP contribution in [0.3, 0.4) is 0 Å². The normalized spacial score (nSPS) is 14.1. The van der Waals surface area contributed by atoms with E-state index in [9.17, 15) is 4.79 Å². The Morgan fingerprint density at radius 2 is 1.35 bits per heavy atom. The maximum absolute atomic E-state index is 11.8. The topological polar surface area (TPSA) is 75.3 Å². The van der Waals surface area contributed by atoms with Crippen LogP contribution in [0.25, 0.3) is 0 Å². The van der Waals surface area contributed by atoms with Crippen LogP contribution in [0.1, 0.15) is 74.7 Å². The molecule has 37 heavy (non-hydrogen) atoms. The first-order valence-electron chi connectivity index (χ1n) is 13.7. The molecule has 0 radical (unpaired) electrons. The number of carbonyl (C=O) groups excluding carboxylic acids is 1. The van der Waals surface area contributed by atoms with E-state index >= 15 is 0 Å². The SMILES string of the molecule is CC(C)/C=C/CNC(=O)CCOCCOCCOC(C)(CCOCCOCCC(C)C)SSC(C)(C)C. The smallest absolute Gasteiger partial charge is 0.222 e. The molecule has 1 atom stereocenters. The number of hydrogen-bond acceptors (Lipinski definition) is 8. The molecule has 0 aliphatic heterocycles. The average molecular weight is 566 g/mol. The Labute approximate surface area is 235 Å². The summed E-state index contributed by atoms with van der Waals surface area (Å²) < 4.78 is 28.9. The zero-order valence-corrected chi connectivity index (χ0v) is 26.4. The van der Waals surface area contributed by atoms with E-state index in [2.05, 4.69) is 66.8 Å². The number of amides is 1. The molecule has 1 N–H and O–H groups in total. The van der Waals surface area contributed by atoms with Crippen LogP contribution < -0.4 is 5.32 Å². The molecule has 9 heteroatoms. The Balaban J connectivity index is 4.00. The van der Waals surface area contributed by atoms with Gasteiger partial charge in [-0.25, -0.2) is 0 Å². The molecule has 7 nitrogen and oxygen atoms in total. The van der Waals surface area contributed by atoms with Crippen molar-refractivity contribution in [3.05, 3.63) is 12.2 Å². The van der Waals surface area contributed by atoms with Crippen molar-refractivity contribution in [2.24, 2.45) is 11.8 Å². The highest BCUT2D eigenvalue weighted by Gasteiger charge is 2.29. The number of carbonyl (C=O) groups is 1. The molecule has 0 saturated carbocycles. The largest absolute Gasteiger partial charge is 0.379 e. The molecule has 0 aliphatic carbocycles. The van der Waals surface area contributed by atoms with E-state index in [4.69, 9.17) is 23.7 Å². The van der Waals surface area contributed by atoms with Gasteiger partial charge in [-0.05, 0) is 25.2 Å². The molecule has 0 aromatic heterocycles. The molecule has 1 amide bonds. The second-order valence-corrected chi connectivity index (χ2v) is 14.3. The first kappa shape index (κ1) is 36.7. The number of rotatable bonds is 24. The molecule has 0 rings (SSSR count). The van der Waals surface area contributed by atoms with Crippen molar-refractivity contribution in [2.75, 3.05) is 66.0 Å². The third-order valence-electron chi connectivity index (χ3n) is 4.80. The van der Waals surface area contributed by atoms with Gasteiger partial charge in [0.05, 0.1) is 52.9 Å². The van der Waals surface area contributed by atoms with Crippen molar-refractivity contribution in [2.45, 2.75) is 84.3 Å². The zero-order chi connectivity index (χ0) is 28.0. The Bertz CT molecular complexity index is 584. The van der Waals surface area contributed by atoms with Crippen molar-refractivity contribution in [1.82, 2.24) is 5.32 Å². The van der Waals surface area contributed by atoms with Crippen molar-refractivity contribution >= 4 is 27.5 Å². The Hall–Kier alpha value is -0.290. The quantitative estimate of drug-likeness (QED) is 0.0649. The molecular weight excluding hydrogens is 510 g/mol. The Morgan fingerprint density at radius 1 is 0.784 bits per heavy atom. The fraction of sp³-hybridized carbons (Fsp3) is 0.893. The summed E-state index contributed by atoms with van der Waals surface area (Å²) in [7, 11) is 3.57. The molecule has 0 heterocycles. The predicted molar refractivity (Wildman–Crippen MR) is 158 cm³/mol. The average Bonchev–Trinajstić information content (AvgIpc) is 2.80. The highest BCUT2D eigenvalue weighted by Crippen LogP contribution is 2.45. The molecule has 0 aliphatic rings. The van der Waals surface area contributed by atoms with Gasteiger partial charge in [0, 0.05) is 30.7 Å². The minimum Gasteiger partial charge on any atom is -0.379 e. The van der Waals surface area contributed by atoms with E-state index in [1.165, 1.54) is 0 Å². The van der Waals surface area contributed by atoms with Gasteiger partial charge in [-0.2, -0.15) is 0 Å². The van der Waals surface area contributed by atoms with Crippen LogP contribution in [-0.4, -0.2) is 81.6 Å². The summed E-state index contributed by atoms with van der Waals surface area (Å²) in [5, 5.41) is 2.85. The molecule has 0 fully saturated rings. The van der Waals surface area contributed by atoms with Gasteiger partial charge in [0.1, 0.15) is 4.93 Å². The summed E-state index contributed by atoms with van der Waals surface area (Å²) in [4.78, 5) is 11.4. The van der Waals surface area contributed by atoms with E-state index < -0.39 is 0 Å². The van der Waals surface area contributed by atoms with Crippen LogP contribution in [0.5, 0.6) is 0 Å². The molecule has 1 unspecified atom stereocenters. The number of allylic oxidation sites excluding steroid dienone is 1. The van der Waals surface area contributed by atoms with Gasteiger partial charge in [-0.3, -0.25) is 4.79 Å². The van der Waals surface area contributed by atoms with E-state index in [0.717, 1.165) is 19.4 Å². The fourth-order valence-corrected chi connectivity index (χ4v) is 5.05. The lowest BCUT2D eigenvalue weighted by Crippen LogP contribution is -2.29. The van der Waals surface area contributed by atoms with Gasteiger partial charge in [-0.1, -0.05) is 82.2 Å². The Kier molecular flexibility index (Phi) is 22.3. The van der Waals surface area contributed by atoms with E-state index in [1.807, 2.05) is 16.9 Å². The molecule has 0 aromatic carbocycles. The molecule has 0 aromatic rings. The molecular formula is C28H55NO6S2. The van der Waals surface area contributed by atoms with Crippen LogP contribution in [0.4, 0.5) is 0 Å². The van der Waals surface area contributed by atoms with Gasteiger partial charge < -0.3 is 29.0 Å². The molecule has 0 spiro atoms. The molecule has 220 valence electrons. The minimum atomic E-state index is -0.367. The lowest BCUT2D eigenvalue weighted by molar-refractivity contribution is -0.122. The van der Waals surface area contributed by atoms with Crippen LogP contribution in [0.15, 0.2) is 12.2 Å². The van der Waals surface area contributed by atoms with Gasteiger partial charge >= 0.3 is 0 Å². The standard InChI is InChI=1S/C28H55NO6S2/c1-24(2)10-9-14-29-26(30)12-16-32-19-21-34-22-23-35-28(8,37-36-27(5,6)7)13-17-33-20-18-31-15-11-25(3)4/h9-10,24-25H,11-23H2,1-8H3,(H,29,30)/b10-9+. The first-order valence-corrected chi connectivity index (χ1v) is 15.8. The lowest BCUT2D eigenvalue weighted by Gasteiger charge is -2.31. The summed E-state index contributed by atoms with van der Waals surface area (Å²) >= 11 is 0. The highest BCUT2D eigenvalue weighted by molar-refractivity contribution is 8.77. The summed E-state index contributed by atoms with van der Waals surface area (Å²) in [6, 6.07) is 0. The number of nitrogens with one attached hydrogen (secondary N) is 1.